The number of carbonyl (C=O) groups excluding carboxylic acids is 1. The van der Waals surface area contributed by atoms with Crippen molar-refractivity contribution in [2.45, 2.75) is 12.8 Å². The van der Waals surface area contributed by atoms with E-state index in [0.29, 0.717) is 5.92 Å². The summed E-state index contributed by atoms with van der Waals surface area (Å²) in [5.41, 5.74) is 4.99. The highest BCUT2D eigenvalue weighted by Crippen LogP contribution is 2.32. The zero-order valence-electron chi connectivity index (χ0n) is 5.21. The van der Waals surface area contributed by atoms with Crippen molar-refractivity contribution in [3.8, 4) is 0 Å². The summed E-state index contributed by atoms with van der Waals surface area (Å²) < 4.78 is 0. The molecule has 0 heterocycles. The van der Waals surface area contributed by atoms with Gasteiger partial charge in [-0.25, -0.2) is 0 Å². The normalized spacial score (nSPS) is 33.4. The molecule has 0 spiro atoms. The number of nitrogens with two attached hydrogens (primary N) is 1. The average Bonchev–Trinajstić information content (AvgIpc) is 1.61. The molecule has 1 amide bonds. The fourth-order valence-electron chi connectivity index (χ4n) is 1.12. The van der Waals surface area contributed by atoms with Crippen LogP contribution < -0.4 is 5.73 Å². The maximum absolute atomic E-state index is 10.4. The van der Waals surface area contributed by atoms with Gasteiger partial charge in [0.05, 0.1) is 0 Å². The van der Waals surface area contributed by atoms with Gasteiger partial charge in [-0.3, -0.25) is 4.79 Å². The zero-order valence-corrected chi connectivity index (χ0v) is 5.21. The van der Waals surface area contributed by atoms with Gasteiger partial charge < -0.3 is 10.8 Å². The van der Waals surface area contributed by atoms with Gasteiger partial charge in [0.2, 0.25) is 5.91 Å². The molecule has 0 aromatic carbocycles. The Morgan fingerprint density at radius 1 is 1.67 bits per heavy atom. The first kappa shape index (κ1) is 6.55. The zero-order chi connectivity index (χ0) is 6.85. The molecular weight excluding hydrogens is 118 g/mol. The third kappa shape index (κ3) is 1.21. The van der Waals surface area contributed by atoms with Crippen LogP contribution in [0, 0.1) is 11.8 Å². The van der Waals surface area contributed by atoms with Crippen molar-refractivity contribution in [2.24, 2.45) is 17.6 Å². The number of aliphatic hydroxyl groups excluding tert-OH is 1. The number of aliphatic hydroxyl groups is 1. The Morgan fingerprint density at radius 2 is 2.22 bits per heavy atom. The second-order valence-electron chi connectivity index (χ2n) is 2.62. The molecule has 0 radical (unpaired) electrons. The Hall–Kier alpha value is -0.570. The van der Waals surface area contributed by atoms with Crippen LogP contribution in [0.3, 0.4) is 0 Å². The van der Waals surface area contributed by atoms with E-state index in [-0.39, 0.29) is 18.4 Å². The molecule has 0 aromatic rings. The van der Waals surface area contributed by atoms with E-state index in [4.69, 9.17) is 10.8 Å². The highest BCUT2D eigenvalue weighted by Gasteiger charge is 2.31. The quantitative estimate of drug-likeness (QED) is 0.527. The van der Waals surface area contributed by atoms with Crippen LogP contribution in [0.15, 0.2) is 0 Å². The van der Waals surface area contributed by atoms with Gasteiger partial charge >= 0.3 is 0 Å². The van der Waals surface area contributed by atoms with Crippen LogP contribution in [0.25, 0.3) is 0 Å². The van der Waals surface area contributed by atoms with Crippen molar-refractivity contribution in [3.05, 3.63) is 0 Å². The number of primary amides is 1. The van der Waals surface area contributed by atoms with E-state index in [1.807, 2.05) is 0 Å². The van der Waals surface area contributed by atoms with E-state index in [1.165, 1.54) is 0 Å². The summed E-state index contributed by atoms with van der Waals surface area (Å²) in [7, 11) is 0. The summed E-state index contributed by atoms with van der Waals surface area (Å²) in [4.78, 5) is 10.4. The lowest BCUT2D eigenvalue weighted by molar-refractivity contribution is -0.126. The minimum Gasteiger partial charge on any atom is -0.396 e. The lowest BCUT2D eigenvalue weighted by Crippen LogP contribution is -2.36. The van der Waals surface area contributed by atoms with Gasteiger partial charge in [0.25, 0.3) is 0 Å². The summed E-state index contributed by atoms with van der Waals surface area (Å²) in [5.74, 6) is 0.157. The third-order valence-electron chi connectivity index (χ3n) is 1.90. The van der Waals surface area contributed by atoms with Crippen LogP contribution in [-0.4, -0.2) is 17.6 Å². The van der Waals surface area contributed by atoms with Crippen LogP contribution >= 0.6 is 0 Å². The number of amides is 1. The summed E-state index contributed by atoms with van der Waals surface area (Å²) in [6.45, 7) is 0.198. The Balaban J connectivity index is 2.19. The maximum Gasteiger partial charge on any atom is 0.220 e. The first-order valence-corrected chi connectivity index (χ1v) is 3.14. The molecule has 0 aliphatic heterocycles. The smallest absolute Gasteiger partial charge is 0.220 e. The van der Waals surface area contributed by atoms with Crippen molar-refractivity contribution < 1.29 is 9.90 Å². The summed E-state index contributed by atoms with van der Waals surface area (Å²) in [6, 6.07) is 0. The lowest BCUT2D eigenvalue weighted by atomic mass is 9.75. The molecule has 0 saturated heterocycles. The number of rotatable bonds is 2. The van der Waals surface area contributed by atoms with Crippen LogP contribution in [0.1, 0.15) is 12.8 Å². The SMILES string of the molecule is NC(=O)C1CC(CO)C1. The van der Waals surface area contributed by atoms with Gasteiger partial charge in [0.1, 0.15) is 0 Å². The standard InChI is InChI=1S/C6H11NO2/c7-6(9)5-1-4(2-5)3-8/h4-5,8H,1-3H2,(H2,7,9). The van der Waals surface area contributed by atoms with Crippen LogP contribution in [0.2, 0.25) is 0 Å². The summed E-state index contributed by atoms with van der Waals surface area (Å²) >= 11 is 0. The molecule has 52 valence electrons. The molecule has 1 fully saturated rings. The number of hydrogen-bond acceptors (Lipinski definition) is 2. The van der Waals surface area contributed by atoms with Crippen LogP contribution in [0.4, 0.5) is 0 Å². The molecule has 3 heteroatoms. The van der Waals surface area contributed by atoms with Crippen molar-refractivity contribution in [1.29, 1.82) is 0 Å². The first-order chi connectivity index (χ1) is 4.24. The Morgan fingerprint density at radius 3 is 2.56 bits per heavy atom. The lowest BCUT2D eigenvalue weighted by Gasteiger charge is -2.31. The number of hydrogen-bond donors (Lipinski definition) is 2. The highest BCUT2D eigenvalue weighted by molar-refractivity contribution is 5.77. The van der Waals surface area contributed by atoms with Crippen molar-refractivity contribution in [2.75, 3.05) is 6.61 Å². The van der Waals surface area contributed by atoms with Gasteiger partial charge in [-0.15, -0.1) is 0 Å². The predicted molar refractivity (Wildman–Crippen MR) is 32.5 cm³/mol. The second-order valence-corrected chi connectivity index (χ2v) is 2.62. The molecule has 9 heavy (non-hydrogen) atoms. The van der Waals surface area contributed by atoms with E-state index in [0.717, 1.165) is 12.8 Å². The summed E-state index contributed by atoms with van der Waals surface area (Å²) in [6.07, 6.45) is 1.57. The van der Waals surface area contributed by atoms with Gasteiger partial charge in [-0.1, -0.05) is 0 Å². The topological polar surface area (TPSA) is 63.3 Å². The Bertz CT molecular complexity index is 118. The molecule has 3 N–H and O–H groups in total. The third-order valence-corrected chi connectivity index (χ3v) is 1.90. The molecule has 1 aliphatic rings. The van der Waals surface area contributed by atoms with Gasteiger partial charge in [-0.2, -0.15) is 0 Å². The molecule has 0 aromatic heterocycles. The molecule has 3 nitrogen and oxygen atoms in total. The molecule has 0 unspecified atom stereocenters. The number of carbonyl (C=O) groups is 1. The van der Waals surface area contributed by atoms with E-state index < -0.39 is 0 Å². The summed E-state index contributed by atoms with van der Waals surface area (Å²) in [5, 5.41) is 8.53. The largest absolute Gasteiger partial charge is 0.396 e. The minimum atomic E-state index is -0.222. The first-order valence-electron chi connectivity index (χ1n) is 3.14. The molecule has 0 atom stereocenters. The molecule has 1 aliphatic carbocycles. The second kappa shape index (κ2) is 2.35. The molecule has 0 bridgehead atoms. The molecule has 1 saturated carbocycles. The van der Waals surface area contributed by atoms with Crippen molar-refractivity contribution in [3.63, 3.8) is 0 Å². The predicted octanol–water partition coefficient (Wildman–Crippen LogP) is -0.510. The van der Waals surface area contributed by atoms with E-state index in [9.17, 15) is 4.79 Å². The Labute approximate surface area is 53.9 Å². The van der Waals surface area contributed by atoms with Crippen LogP contribution in [-0.2, 0) is 4.79 Å². The van der Waals surface area contributed by atoms with E-state index >= 15 is 0 Å². The van der Waals surface area contributed by atoms with Crippen molar-refractivity contribution in [1.82, 2.24) is 0 Å². The van der Waals surface area contributed by atoms with Gasteiger partial charge in [-0.05, 0) is 18.8 Å². The van der Waals surface area contributed by atoms with E-state index in [1.54, 1.807) is 0 Å². The van der Waals surface area contributed by atoms with E-state index in [2.05, 4.69) is 0 Å². The van der Waals surface area contributed by atoms with Gasteiger partial charge in [0, 0.05) is 12.5 Å². The fourth-order valence-corrected chi connectivity index (χ4v) is 1.12. The van der Waals surface area contributed by atoms with Crippen molar-refractivity contribution >= 4 is 5.91 Å². The monoisotopic (exact) mass is 129 g/mol. The fraction of sp³-hybridized carbons (Fsp3) is 0.833. The maximum atomic E-state index is 10.4. The molecule has 1 rings (SSSR count). The Kier molecular flexibility index (Phi) is 1.71. The molecular formula is C6H11NO2. The van der Waals surface area contributed by atoms with Crippen LogP contribution in [0.5, 0.6) is 0 Å². The van der Waals surface area contributed by atoms with Gasteiger partial charge in [0.15, 0.2) is 0 Å². The minimum absolute atomic E-state index is 0.0437. The average molecular weight is 129 g/mol. The highest BCUT2D eigenvalue weighted by atomic mass is 16.3.